The monoisotopic (exact) mass is 259 g/mol. The van der Waals surface area contributed by atoms with Gasteiger partial charge in [0.25, 0.3) is 0 Å². The Kier molecular flexibility index (Phi) is 9.57. The Bertz CT molecular complexity index is 281. The predicted octanol–water partition coefficient (Wildman–Crippen LogP) is -1.22. The Morgan fingerprint density at radius 1 is 0.944 bits per heavy atom. The number of carbonyl (C=O) groups excluding carboxylic acids is 3. The molecular weight excluding hydrogens is 238 g/mol. The van der Waals surface area contributed by atoms with Crippen LogP contribution in [0.2, 0.25) is 0 Å². The summed E-state index contributed by atoms with van der Waals surface area (Å²) in [4.78, 5) is 32.6. The largest absolute Gasteiger partial charge is 0.378 e. The van der Waals surface area contributed by atoms with E-state index in [4.69, 9.17) is 4.74 Å². The first kappa shape index (κ1) is 16.4. The number of ether oxygens (including phenoxy) is 1. The molecule has 3 N–H and O–H groups in total. The summed E-state index contributed by atoms with van der Waals surface area (Å²) in [7, 11) is 1.53. The maximum Gasteiger partial charge on any atom is 0.220 e. The van der Waals surface area contributed by atoms with Crippen LogP contribution in [0, 0.1) is 0 Å². The van der Waals surface area contributed by atoms with Gasteiger partial charge in [0.05, 0.1) is 13.2 Å². The lowest BCUT2D eigenvalue weighted by Gasteiger charge is -2.06. The van der Waals surface area contributed by atoms with Gasteiger partial charge < -0.3 is 20.7 Å². The first-order chi connectivity index (χ1) is 8.56. The molecule has 0 aromatic heterocycles. The molecule has 7 nitrogen and oxygen atoms in total. The van der Waals surface area contributed by atoms with E-state index < -0.39 is 0 Å². The van der Waals surface area contributed by atoms with Crippen molar-refractivity contribution >= 4 is 17.7 Å². The summed E-state index contributed by atoms with van der Waals surface area (Å²) in [6, 6.07) is 0. The fraction of sp³-hybridized carbons (Fsp3) is 0.727. The zero-order chi connectivity index (χ0) is 13.8. The minimum Gasteiger partial charge on any atom is -0.378 e. The highest BCUT2D eigenvalue weighted by Gasteiger charge is 2.04. The second kappa shape index (κ2) is 10.5. The third kappa shape index (κ3) is 10.9. The molecule has 0 aromatic rings. The molecule has 0 fully saturated rings. The summed E-state index contributed by atoms with van der Waals surface area (Å²) in [5.74, 6) is -0.429. The van der Waals surface area contributed by atoms with E-state index >= 15 is 0 Å². The van der Waals surface area contributed by atoms with Crippen LogP contribution >= 0.6 is 0 Å². The lowest BCUT2D eigenvalue weighted by molar-refractivity contribution is -0.126. The summed E-state index contributed by atoms with van der Waals surface area (Å²) in [5, 5.41) is 7.66. The van der Waals surface area contributed by atoms with Crippen LogP contribution in [0.5, 0.6) is 0 Å². The SMILES string of the molecule is CNC(=O)CCC(=O)NCCOCCNC(C)=O. The second-order valence-corrected chi connectivity index (χ2v) is 3.62. The van der Waals surface area contributed by atoms with E-state index in [1.54, 1.807) is 0 Å². The van der Waals surface area contributed by atoms with E-state index in [0.717, 1.165) is 0 Å². The molecule has 0 aliphatic rings. The average molecular weight is 259 g/mol. The topological polar surface area (TPSA) is 96.5 Å². The Labute approximate surface area is 107 Å². The number of hydrogen-bond acceptors (Lipinski definition) is 4. The fourth-order valence-corrected chi connectivity index (χ4v) is 1.10. The molecule has 0 bridgehead atoms. The molecule has 0 saturated heterocycles. The molecular formula is C11H21N3O4. The van der Waals surface area contributed by atoms with Crippen molar-refractivity contribution in [2.75, 3.05) is 33.4 Å². The molecule has 0 aromatic carbocycles. The number of amides is 3. The minimum absolute atomic E-state index is 0.0962. The molecule has 0 unspecified atom stereocenters. The van der Waals surface area contributed by atoms with Crippen molar-refractivity contribution in [2.45, 2.75) is 19.8 Å². The van der Waals surface area contributed by atoms with E-state index in [1.165, 1.54) is 14.0 Å². The Balaban J connectivity index is 3.30. The van der Waals surface area contributed by atoms with Gasteiger partial charge >= 0.3 is 0 Å². The van der Waals surface area contributed by atoms with Crippen molar-refractivity contribution in [3.8, 4) is 0 Å². The first-order valence-electron chi connectivity index (χ1n) is 5.85. The van der Waals surface area contributed by atoms with Gasteiger partial charge in [-0.1, -0.05) is 0 Å². The molecule has 18 heavy (non-hydrogen) atoms. The van der Waals surface area contributed by atoms with Gasteiger partial charge in [-0.2, -0.15) is 0 Å². The number of hydrogen-bond donors (Lipinski definition) is 3. The minimum atomic E-state index is -0.177. The lowest BCUT2D eigenvalue weighted by atomic mass is 10.3. The number of carbonyl (C=O) groups is 3. The lowest BCUT2D eigenvalue weighted by Crippen LogP contribution is -2.30. The van der Waals surface area contributed by atoms with Gasteiger partial charge in [0.1, 0.15) is 0 Å². The standard InChI is InChI=1S/C11H21N3O4/c1-9(15)13-5-7-18-8-6-14-11(17)4-3-10(16)12-2/h3-8H2,1-2H3,(H,12,16)(H,13,15)(H,14,17). The van der Waals surface area contributed by atoms with Crippen molar-refractivity contribution in [1.29, 1.82) is 0 Å². The van der Waals surface area contributed by atoms with E-state index in [0.29, 0.717) is 26.3 Å². The average Bonchev–Trinajstić information content (AvgIpc) is 2.34. The molecule has 0 rings (SSSR count). The molecule has 0 heterocycles. The van der Waals surface area contributed by atoms with Gasteiger partial charge in [-0.05, 0) is 0 Å². The molecule has 0 radical (unpaired) electrons. The Morgan fingerprint density at radius 3 is 2.06 bits per heavy atom. The fourth-order valence-electron chi connectivity index (χ4n) is 1.10. The summed E-state index contributed by atoms with van der Waals surface area (Å²) in [5.41, 5.74) is 0. The van der Waals surface area contributed by atoms with Crippen molar-refractivity contribution in [3.05, 3.63) is 0 Å². The second-order valence-electron chi connectivity index (χ2n) is 3.62. The van der Waals surface area contributed by atoms with Crippen LogP contribution in [0.25, 0.3) is 0 Å². The molecule has 0 atom stereocenters. The zero-order valence-electron chi connectivity index (χ0n) is 10.9. The molecule has 104 valence electrons. The maximum atomic E-state index is 11.2. The van der Waals surface area contributed by atoms with Crippen molar-refractivity contribution in [3.63, 3.8) is 0 Å². The van der Waals surface area contributed by atoms with Crippen molar-refractivity contribution in [2.24, 2.45) is 0 Å². The smallest absolute Gasteiger partial charge is 0.220 e. The number of nitrogens with one attached hydrogen (secondary N) is 3. The molecule has 3 amide bonds. The third-order valence-electron chi connectivity index (χ3n) is 2.05. The predicted molar refractivity (Wildman–Crippen MR) is 65.8 cm³/mol. The third-order valence-corrected chi connectivity index (χ3v) is 2.05. The molecule has 0 aliphatic carbocycles. The van der Waals surface area contributed by atoms with Crippen LogP contribution < -0.4 is 16.0 Å². The molecule has 7 heteroatoms. The van der Waals surface area contributed by atoms with Crippen LogP contribution in [-0.4, -0.2) is 51.1 Å². The van der Waals surface area contributed by atoms with E-state index in [-0.39, 0.29) is 30.6 Å². The van der Waals surface area contributed by atoms with Gasteiger partial charge in [0.2, 0.25) is 17.7 Å². The summed E-state index contributed by atoms with van der Waals surface area (Å²) < 4.78 is 5.17. The van der Waals surface area contributed by atoms with Crippen LogP contribution in [0.4, 0.5) is 0 Å². The first-order valence-corrected chi connectivity index (χ1v) is 5.85. The normalized spacial score (nSPS) is 9.67. The molecule has 0 aliphatic heterocycles. The van der Waals surface area contributed by atoms with Gasteiger partial charge in [0.15, 0.2) is 0 Å². The van der Waals surface area contributed by atoms with E-state index in [1.807, 2.05) is 0 Å². The molecule has 0 spiro atoms. The van der Waals surface area contributed by atoms with Crippen LogP contribution in [0.1, 0.15) is 19.8 Å². The summed E-state index contributed by atoms with van der Waals surface area (Å²) in [6.07, 6.45) is 0.358. The maximum absolute atomic E-state index is 11.2. The summed E-state index contributed by atoms with van der Waals surface area (Å²) in [6.45, 7) is 3.08. The highest BCUT2D eigenvalue weighted by atomic mass is 16.5. The van der Waals surface area contributed by atoms with Crippen LogP contribution in [0.15, 0.2) is 0 Å². The zero-order valence-corrected chi connectivity index (χ0v) is 10.9. The Morgan fingerprint density at radius 2 is 1.50 bits per heavy atom. The van der Waals surface area contributed by atoms with Crippen molar-refractivity contribution in [1.82, 2.24) is 16.0 Å². The van der Waals surface area contributed by atoms with Crippen LogP contribution in [-0.2, 0) is 19.1 Å². The van der Waals surface area contributed by atoms with Gasteiger partial charge in [0, 0.05) is 39.9 Å². The van der Waals surface area contributed by atoms with Crippen molar-refractivity contribution < 1.29 is 19.1 Å². The quantitative estimate of drug-likeness (QED) is 0.452. The van der Waals surface area contributed by atoms with E-state index in [9.17, 15) is 14.4 Å². The van der Waals surface area contributed by atoms with Gasteiger partial charge in [-0.3, -0.25) is 14.4 Å². The number of rotatable bonds is 9. The van der Waals surface area contributed by atoms with Gasteiger partial charge in [-0.15, -0.1) is 0 Å². The van der Waals surface area contributed by atoms with E-state index in [2.05, 4.69) is 16.0 Å². The molecule has 0 saturated carbocycles. The van der Waals surface area contributed by atoms with Crippen LogP contribution in [0.3, 0.4) is 0 Å². The summed E-state index contributed by atoms with van der Waals surface area (Å²) >= 11 is 0. The highest BCUT2D eigenvalue weighted by Crippen LogP contribution is 1.88. The highest BCUT2D eigenvalue weighted by molar-refractivity contribution is 5.83. The van der Waals surface area contributed by atoms with Gasteiger partial charge in [-0.25, -0.2) is 0 Å². The Hall–Kier alpha value is -1.63.